The van der Waals surface area contributed by atoms with E-state index in [1.54, 1.807) is 0 Å². The largest absolute Gasteiger partial charge is 0.327 e. The average Bonchev–Trinajstić information content (AvgIpc) is 2.48. The van der Waals surface area contributed by atoms with E-state index in [1.165, 1.54) is 5.56 Å². The zero-order valence-electron chi connectivity index (χ0n) is 12.5. The van der Waals surface area contributed by atoms with Crippen LogP contribution in [0.5, 0.6) is 0 Å². The molecule has 1 heterocycles. The highest BCUT2D eigenvalue weighted by Crippen LogP contribution is 2.28. The van der Waals surface area contributed by atoms with Crippen LogP contribution >= 0.6 is 0 Å². The minimum Gasteiger partial charge on any atom is -0.327 e. The topological polar surface area (TPSA) is 51.8 Å². The van der Waals surface area contributed by atoms with Gasteiger partial charge in [-0.05, 0) is 37.8 Å². The van der Waals surface area contributed by atoms with Gasteiger partial charge in [0.15, 0.2) is 0 Å². The van der Waals surface area contributed by atoms with Crippen LogP contribution in [0.25, 0.3) is 0 Å². The van der Waals surface area contributed by atoms with Crippen LogP contribution in [0.1, 0.15) is 44.1 Å². The third-order valence-corrected chi connectivity index (χ3v) is 3.78. The minimum absolute atomic E-state index is 0.187. The molecule has 1 aromatic carbocycles. The highest BCUT2D eigenvalue weighted by Gasteiger charge is 2.25. The maximum atomic E-state index is 5.96. The molecule has 0 saturated heterocycles. The predicted molar refractivity (Wildman–Crippen MR) is 82.6 cm³/mol. The fraction of sp³-hybridized carbons (Fsp3) is 0.412. The van der Waals surface area contributed by atoms with Crippen LogP contribution < -0.4 is 5.73 Å². The Balaban J connectivity index is 2.21. The lowest BCUT2D eigenvalue weighted by molar-refractivity contribution is 0.584. The molecule has 3 nitrogen and oxygen atoms in total. The number of hydrogen-bond acceptors (Lipinski definition) is 3. The minimum atomic E-state index is -0.188. The summed E-state index contributed by atoms with van der Waals surface area (Å²) in [5.74, 6) is 0.845. The molecule has 1 unspecified atom stereocenters. The Labute approximate surface area is 121 Å². The lowest BCUT2D eigenvalue weighted by atomic mass is 9.84. The molecule has 3 heteroatoms. The van der Waals surface area contributed by atoms with Crippen molar-refractivity contribution < 1.29 is 0 Å². The van der Waals surface area contributed by atoms with E-state index in [-0.39, 0.29) is 11.5 Å². The second-order valence-electron chi connectivity index (χ2n) is 5.78. The summed E-state index contributed by atoms with van der Waals surface area (Å²) in [5.41, 5.74) is 8.10. The summed E-state index contributed by atoms with van der Waals surface area (Å²) in [6.45, 7) is 6.39. The normalized spacial score (nSPS) is 13.2. The van der Waals surface area contributed by atoms with Crippen molar-refractivity contribution in [3.05, 3.63) is 59.7 Å². The summed E-state index contributed by atoms with van der Waals surface area (Å²) >= 11 is 0. The Morgan fingerprint density at radius 3 is 2.25 bits per heavy atom. The molecule has 0 radical (unpaired) electrons. The third-order valence-electron chi connectivity index (χ3n) is 3.78. The van der Waals surface area contributed by atoms with Crippen LogP contribution in [-0.2, 0) is 11.8 Å². The second-order valence-corrected chi connectivity index (χ2v) is 5.78. The summed E-state index contributed by atoms with van der Waals surface area (Å²) in [5, 5.41) is 0. The summed E-state index contributed by atoms with van der Waals surface area (Å²) in [4.78, 5) is 9.09. The van der Waals surface area contributed by atoms with Gasteiger partial charge < -0.3 is 5.73 Å². The standard InChI is InChI=1S/C17H23N3/c1-4-15(18)10-13-11-19-16(20-12-13)17(2,3)14-8-6-5-7-9-14/h5-9,11-12,15H,4,10,18H2,1-3H3. The van der Waals surface area contributed by atoms with E-state index in [1.807, 2.05) is 30.6 Å². The third kappa shape index (κ3) is 3.23. The fourth-order valence-electron chi connectivity index (χ4n) is 2.21. The zero-order chi connectivity index (χ0) is 14.6. The van der Waals surface area contributed by atoms with Crippen molar-refractivity contribution in [2.24, 2.45) is 5.73 Å². The van der Waals surface area contributed by atoms with Crippen molar-refractivity contribution in [2.75, 3.05) is 0 Å². The first-order valence-electron chi connectivity index (χ1n) is 7.16. The van der Waals surface area contributed by atoms with E-state index in [2.05, 4.69) is 42.9 Å². The van der Waals surface area contributed by atoms with Gasteiger partial charge in [0.05, 0.1) is 0 Å². The number of rotatable bonds is 5. The van der Waals surface area contributed by atoms with Crippen molar-refractivity contribution in [2.45, 2.75) is 45.1 Å². The van der Waals surface area contributed by atoms with Gasteiger partial charge in [-0.1, -0.05) is 37.3 Å². The lowest BCUT2D eigenvalue weighted by Crippen LogP contribution is -2.24. The Hall–Kier alpha value is -1.74. The first kappa shape index (κ1) is 14.7. The maximum absolute atomic E-state index is 5.96. The van der Waals surface area contributed by atoms with E-state index < -0.39 is 0 Å². The summed E-state index contributed by atoms with van der Waals surface area (Å²) in [6, 6.07) is 10.5. The molecule has 2 aromatic rings. The number of benzene rings is 1. The Morgan fingerprint density at radius 2 is 1.70 bits per heavy atom. The van der Waals surface area contributed by atoms with Gasteiger partial charge in [0.1, 0.15) is 5.82 Å². The molecule has 2 N–H and O–H groups in total. The molecule has 1 atom stereocenters. The molecule has 20 heavy (non-hydrogen) atoms. The first-order valence-corrected chi connectivity index (χ1v) is 7.16. The van der Waals surface area contributed by atoms with Crippen LogP contribution in [-0.4, -0.2) is 16.0 Å². The monoisotopic (exact) mass is 269 g/mol. The first-order chi connectivity index (χ1) is 9.54. The van der Waals surface area contributed by atoms with E-state index in [4.69, 9.17) is 5.73 Å². The molecule has 2 rings (SSSR count). The maximum Gasteiger partial charge on any atom is 0.138 e. The smallest absolute Gasteiger partial charge is 0.138 e. The van der Waals surface area contributed by atoms with Crippen molar-refractivity contribution in [1.29, 1.82) is 0 Å². The molecule has 0 fully saturated rings. The van der Waals surface area contributed by atoms with E-state index in [0.29, 0.717) is 0 Å². The van der Waals surface area contributed by atoms with Gasteiger partial charge in [-0.3, -0.25) is 0 Å². The van der Waals surface area contributed by atoms with Crippen LogP contribution in [0.4, 0.5) is 0 Å². The number of hydrogen-bond donors (Lipinski definition) is 1. The van der Waals surface area contributed by atoms with Crippen LogP contribution in [0.15, 0.2) is 42.7 Å². The van der Waals surface area contributed by atoms with Crippen molar-refractivity contribution in [1.82, 2.24) is 9.97 Å². The van der Waals surface area contributed by atoms with Crippen molar-refractivity contribution in [3.8, 4) is 0 Å². The van der Waals surface area contributed by atoms with Crippen molar-refractivity contribution >= 4 is 0 Å². The van der Waals surface area contributed by atoms with Gasteiger partial charge in [0, 0.05) is 23.9 Å². The molecule has 0 bridgehead atoms. The molecule has 0 spiro atoms. The van der Waals surface area contributed by atoms with E-state index >= 15 is 0 Å². The Kier molecular flexibility index (Phi) is 4.50. The van der Waals surface area contributed by atoms with Crippen LogP contribution in [0.3, 0.4) is 0 Å². The highest BCUT2D eigenvalue weighted by molar-refractivity contribution is 5.30. The van der Waals surface area contributed by atoms with Gasteiger partial charge >= 0.3 is 0 Å². The predicted octanol–water partition coefficient (Wildman–Crippen LogP) is 3.08. The van der Waals surface area contributed by atoms with E-state index in [9.17, 15) is 0 Å². The molecule has 106 valence electrons. The highest BCUT2D eigenvalue weighted by atomic mass is 14.9. The molecular formula is C17H23N3. The summed E-state index contributed by atoms with van der Waals surface area (Å²) in [6.07, 6.45) is 5.62. The fourth-order valence-corrected chi connectivity index (χ4v) is 2.21. The van der Waals surface area contributed by atoms with Crippen molar-refractivity contribution in [3.63, 3.8) is 0 Å². The van der Waals surface area contributed by atoms with Gasteiger partial charge in [0.25, 0.3) is 0 Å². The van der Waals surface area contributed by atoms with Crippen LogP contribution in [0.2, 0.25) is 0 Å². The number of nitrogens with zero attached hydrogens (tertiary/aromatic N) is 2. The van der Waals surface area contributed by atoms with E-state index in [0.717, 1.165) is 24.2 Å². The molecular weight excluding hydrogens is 246 g/mol. The number of aromatic nitrogens is 2. The van der Waals surface area contributed by atoms with Crippen LogP contribution in [0, 0.1) is 0 Å². The number of nitrogens with two attached hydrogens (primary N) is 1. The second kappa shape index (κ2) is 6.14. The van der Waals surface area contributed by atoms with Gasteiger partial charge in [0.2, 0.25) is 0 Å². The SMILES string of the molecule is CCC(N)Cc1cnc(C(C)(C)c2ccccc2)nc1. The van der Waals surface area contributed by atoms with Gasteiger partial charge in [-0.25, -0.2) is 9.97 Å². The molecule has 0 saturated carbocycles. The Bertz CT molecular complexity index is 532. The Morgan fingerprint density at radius 1 is 1.10 bits per heavy atom. The van der Waals surface area contributed by atoms with Gasteiger partial charge in [-0.15, -0.1) is 0 Å². The molecule has 0 aliphatic rings. The summed E-state index contributed by atoms with van der Waals surface area (Å²) < 4.78 is 0. The molecule has 0 amide bonds. The lowest BCUT2D eigenvalue weighted by Gasteiger charge is -2.23. The zero-order valence-corrected chi connectivity index (χ0v) is 12.5. The molecule has 0 aliphatic heterocycles. The molecule has 0 aliphatic carbocycles. The molecule has 1 aromatic heterocycles. The summed E-state index contributed by atoms with van der Waals surface area (Å²) in [7, 11) is 0. The quantitative estimate of drug-likeness (QED) is 0.907. The average molecular weight is 269 g/mol. The van der Waals surface area contributed by atoms with Gasteiger partial charge in [-0.2, -0.15) is 0 Å².